The topological polar surface area (TPSA) is 49.6 Å². The van der Waals surface area contributed by atoms with Gasteiger partial charge in [-0.2, -0.15) is 0 Å². The van der Waals surface area contributed by atoms with E-state index in [1.165, 1.54) is 31.4 Å². The number of nitrogens with zero attached hydrogens (tertiary/aromatic N) is 3. The van der Waals surface area contributed by atoms with Crippen LogP contribution in [-0.2, 0) is 11.2 Å². The van der Waals surface area contributed by atoms with E-state index < -0.39 is 0 Å². The lowest BCUT2D eigenvalue weighted by atomic mass is 10.0. The molecule has 2 aliphatic rings. The largest absolute Gasteiger partial charge is 0.443 e. The van der Waals surface area contributed by atoms with E-state index in [4.69, 9.17) is 4.42 Å². The number of aromatic nitrogens is 1. The number of hydrogen-bond acceptors (Lipinski definition) is 4. The lowest BCUT2D eigenvalue weighted by Gasteiger charge is -2.36. The van der Waals surface area contributed by atoms with Gasteiger partial charge in [0, 0.05) is 13.0 Å². The van der Waals surface area contributed by atoms with Crippen molar-refractivity contribution in [1.29, 1.82) is 0 Å². The Morgan fingerprint density at radius 3 is 2.61 bits per heavy atom. The number of carbonyl (C=O) groups excluding carboxylic acids is 1. The average Bonchev–Trinajstić information content (AvgIpc) is 3.19. The molecule has 2 fully saturated rings. The number of carbonyl (C=O) groups is 1. The lowest BCUT2D eigenvalue weighted by Crippen LogP contribution is -2.45. The fourth-order valence-electron chi connectivity index (χ4n) is 4.25. The first kappa shape index (κ1) is 19.1. The summed E-state index contributed by atoms with van der Waals surface area (Å²) in [7, 11) is 0. The molecule has 1 atom stereocenters. The van der Waals surface area contributed by atoms with Crippen LogP contribution < -0.4 is 0 Å². The Balaban J connectivity index is 1.43. The Morgan fingerprint density at radius 1 is 1.07 bits per heavy atom. The van der Waals surface area contributed by atoms with E-state index in [9.17, 15) is 9.18 Å². The first-order chi connectivity index (χ1) is 13.7. The fourth-order valence-corrected chi connectivity index (χ4v) is 4.25. The van der Waals surface area contributed by atoms with Gasteiger partial charge in [-0.3, -0.25) is 9.69 Å². The second-order valence-electron chi connectivity index (χ2n) is 7.90. The Labute approximate surface area is 165 Å². The number of piperidine rings is 2. The number of oxazole rings is 1. The van der Waals surface area contributed by atoms with Gasteiger partial charge in [0.2, 0.25) is 11.8 Å². The molecule has 0 spiro atoms. The van der Waals surface area contributed by atoms with Gasteiger partial charge in [-0.05, 0) is 62.9 Å². The van der Waals surface area contributed by atoms with Crippen LogP contribution in [0.5, 0.6) is 0 Å². The molecule has 0 aliphatic carbocycles. The quantitative estimate of drug-likeness (QED) is 0.782. The molecule has 150 valence electrons. The third-order valence-corrected chi connectivity index (χ3v) is 5.78. The zero-order valence-corrected chi connectivity index (χ0v) is 16.3. The SMILES string of the molecule is O=C(CN1CCCCC1)N1CCCC[C@H]1c1ncc(Cc2ccc(F)cc2)o1. The Hall–Kier alpha value is -2.21. The molecule has 3 heterocycles. The van der Waals surface area contributed by atoms with Crippen LogP contribution in [0, 0.1) is 5.82 Å². The van der Waals surface area contributed by atoms with Crippen LogP contribution in [0.25, 0.3) is 0 Å². The highest BCUT2D eigenvalue weighted by molar-refractivity contribution is 5.78. The highest BCUT2D eigenvalue weighted by Crippen LogP contribution is 2.31. The average molecular weight is 385 g/mol. The van der Waals surface area contributed by atoms with Crippen LogP contribution in [0.2, 0.25) is 0 Å². The Morgan fingerprint density at radius 2 is 1.82 bits per heavy atom. The van der Waals surface area contributed by atoms with Gasteiger partial charge in [0.1, 0.15) is 17.6 Å². The molecular formula is C22H28FN3O2. The second-order valence-corrected chi connectivity index (χ2v) is 7.90. The standard InChI is InChI=1S/C22H28FN3O2/c23-18-9-7-17(8-10-18)14-19-15-24-22(28-19)20-6-2-5-13-26(20)21(27)16-25-11-3-1-4-12-25/h7-10,15,20H,1-6,11-14,16H2/t20-/m0/s1. The summed E-state index contributed by atoms with van der Waals surface area (Å²) in [5, 5.41) is 0. The normalized spacial score (nSPS) is 21.0. The highest BCUT2D eigenvalue weighted by atomic mass is 19.1. The maximum atomic E-state index is 13.1. The lowest BCUT2D eigenvalue weighted by molar-refractivity contribution is -0.137. The first-order valence-corrected chi connectivity index (χ1v) is 10.4. The zero-order chi connectivity index (χ0) is 19.3. The van der Waals surface area contributed by atoms with Gasteiger partial charge in [0.25, 0.3) is 0 Å². The van der Waals surface area contributed by atoms with Crippen molar-refractivity contribution in [3.8, 4) is 0 Å². The van der Waals surface area contributed by atoms with Crippen molar-refractivity contribution in [2.24, 2.45) is 0 Å². The van der Waals surface area contributed by atoms with E-state index >= 15 is 0 Å². The number of amides is 1. The predicted molar refractivity (Wildman–Crippen MR) is 104 cm³/mol. The van der Waals surface area contributed by atoms with Gasteiger partial charge >= 0.3 is 0 Å². The van der Waals surface area contributed by atoms with E-state index in [1.807, 2.05) is 4.90 Å². The van der Waals surface area contributed by atoms with Gasteiger partial charge in [-0.1, -0.05) is 18.6 Å². The van der Waals surface area contributed by atoms with Crippen LogP contribution in [-0.4, -0.2) is 46.9 Å². The summed E-state index contributed by atoms with van der Waals surface area (Å²) < 4.78 is 19.1. The summed E-state index contributed by atoms with van der Waals surface area (Å²) in [5.74, 6) is 1.32. The first-order valence-electron chi connectivity index (χ1n) is 10.4. The van der Waals surface area contributed by atoms with Gasteiger partial charge in [-0.25, -0.2) is 9.37 Å². The minimum Gasteiger partial charge on any atom is -0.443 e. The summed E-state index contributed by atoms with van der Waals surface area (Å²) in [6.07, 6.45) is 8.94. The van der Waals surface area contributed by atoms with Crippen LogP contribution in [0.1, 0.15) is 61.8 Å². The fraction of sp³-hybridized carbons (Fsp3) is 0.545. The Bertz CT molecular complexity index is 783. The van der Waals surface area contributed by atoms with E-state index in [-0.39, 0.29) is 17.8 Å². The molecule has 5 nitrogen and oxygen atoms in total. The zero-order valence-electron chi connectivity index (χ0n) is 16.3. The van der Waals surface area contributed by atoms with E-state index in [0.717, 1.165) is 50.2 Å². The van der Waals surface area contributed by atoms with Crippen LogP contribution in [0.4, 0.5) is 4.39 Å². The molecule has 2 saturated heterocycles. The molecule has 0 unspecified atom stereocenters. The van der Waals surface area contributed by atoms with Crippen LogP contribution >= 0.6 is 0 Å². The van der Waals surface area contributed by atoms with Gasteiger partial charge in [-0.15, -0.1) is 0 Å². The smallest absolute Gasteiger partial charge is 0.237 e. The molecule has 0 bridgehead atoms. The molecule has 28 heavy (non-hydrogen) atoms. The molecular weight excluding hydrogens is 357 g/mol. The summed E-state index contributed by atoms with van der Waals surface area (Å²) in [4.78, 5) is 21.7. The minimum absolute atomic E-state index is 0.0759. The van der Waals surface area contributed by atoms with E-state index in [2.05, 4.69) is 9.88 Å². The molecule has 2 aliphatic heterocycles. The van der Waals surface area contributed by atoms with Gasteiger partial charge < -0.3 is 9.32 Å². The summed E-state index contributed by atoms with van der Waals surface area (Å²) in [6.45, 7) is 3.31. The summed E-state index contributed by atoms with van der Waals surface area (Å²) >= 11 is 0. The summed E-state index contributed by atoms with van der Waals surface area (Å²) in [5.41, 5.74) is 0.978. The molecule has 0 N–H and O–H groups in total. The van der Waals surface area contributed by atoms with Crippen molar-refractivity contribution in [3.63, 3.8) is 0 Å². The second kappa shape index (κ2) is 8.86. The van der Waals surface area contributed by atoms with E-state index in [1.54, 1.807) is 18.3 Å². The third-order valence-electron chi connectivity index (χ3n) is 5.78. The highest BCUT2D eigenvalue weighted by Gasteiger charge is 2.32. The van der Waals surface area contributed by atoms with Gasteiger partial charge in [0.05, 0.1) is 12.7 Å². The number of likely N-dealkylation sites (tertiary alicyclic amines) is 2. The van der Waals surface area contributed by atoms with Crippen LogP contribution in [0.15, 0.2) is 34.9 Å². The monoisotopic (exact) mass is 385 g/mol. The molecule has 1 aromatic heterocycles. The van der Waals surface area contributed by atoms with Crippen molar-refractivity contribution in [2.45, 2.75) is 51.0 Å². The van der Waals surface area contributed by atoms with E-state index in [0.29, 0.717) is 18.9 Å². The molecule has 6 heteroatoms. The van der Waals surface area contributed by atoms with Crippen molar-refractivity contribution in [2.75, 3.05) is 26.2 Å². The maximum absolute atomic E-state index is 13.1. The molecule has 2 aromatic rings. The van der Waals surface area contributed by atoms with Crippen molar-refractivity contribution < 1.29 is 13.6 Å². The summed E-state index contributed by atoms with van der Waals surface area (Å²) in [6, 6.07) is 6.34. The minimum atomic E-state index is -0.243. The molecule has 1 amide bonds. The number of benzene rings is 1. The number of halogens is 1. The third kappa shape index (κ3) is 4.61. The van der Waals surface area contributed by atoms with Crippen LogP contribution in [0.3, 0.4) is 0 Å². The number of rotatable bonds is 5. The van der Waals surface area contributed by atoms with Crippen molar-refractivity contribution in [3.05, 3.63) is 53.5 Å². The van der Waals surface area contributed by atoms with Crippen molar-refractivity contribution >= 4 is 5.91 Å². The predicted octanol–water partition coefficient (Wildman–Crippen LogP) is 3.94. The molecule has 4 rings (SSSR count). The van der Waals surface area contributed by atoms with Crippen molar-refractivity contribution in [1.82, 2.24) is 14.8 Å². The molecule has 1 aromatic carbocycles. The molecule has 0 saturated carbocycles. The maximum Gasteiger partial charge on any atom is 0.237 e. The van der Waals surface area contributed by atoms with Gasteiger partial charge in [0.15, 0.2) is 0 Å². The molecule has 0 radical (unpaired) electrons. The number of hydrogen-bond donors (Lipinski definition) is 0. The Kier molecular flexibility index (Phi) is 6.05.